The molecule has 1 aromatic carbocycles. The third-order valence-corrected chi connectivity index (χ3v) is 3.90. The fourth-order valence-electron chi connectivity index (χ4n) is 2.61. The van der Waals surface area contributed by atoms with Crippen molar-refractivity contribution in [3.63, 3.8) is 0 Å². The van der Waals surface area contributed by atoms with Crippen molar-refractivity contribution in [2.75, 3.05) is 26.9 Å². The number of rotatable bonds is 4. The summed E-state index contributed by atoms with van der Waals surface area (Å²) in [5.41, 5.74) is 7.37. The predicted octanol–water partition coefficient (Wildman–Crippen LogP) is 3.16. The van der Waals surface area contributed by atoms with Crippen LogP contribution in [0.3, 0.4) is 0 Å². The average Bonchev–Trinajstić information content (AvgIpc) is 2.76. The molecular weight excluding hydrogens is 320 g/mol. The maximum Gasteiger partial charge on any atom is 0.231 e. The van der Waals surface area contributed by atoms with Crippen molar-refractivity contribution in [3.05, 3.63) is 22.2 Å². The van der Waals surface area contributed by atoms with E-state index in [0.29, 0.717) is 6.54 Å². The zero-order valence-corrected chi connectivity index (χ0v) is 14.2. The molecule has 0 radical (unpaired) electrons. The molecule has 5 heteroatoms. The van der Waals surface area contributed by atoms with Crippen LogP contribution in [-0.4, -0.2) is 31.8 Å². The Balaban J connectivity index is 2.26. The van der Waals surface area contributed by atoms with Crippen molar-refractivity contribution < 1.29 is 9.47 Å². The Morgan fingerprint density at radius 3 is 2.65 bits per heavy atom. The second kappa shape index (κ2) is 5.92. The number of hydrogen-bond acceptors (Lipinski definition) is 4. The molecular formula is C15H23BrN2O2. The van der Waals surface area contributed by atoms with Crippen molar-refractivity contribution in [2.24, 2.45) is 11.1 Å². The molecule has 4 nitrogen and oxygen atoms in total. The molecule has 0 saturated carbocycles. The molecule has 0 amide bonds. The van der Waals surface area contributed by atoms with Gasteiger partial charge >= 0.3 is 0 Å². The summed E-state index contributed by atoms with van der Waals surface area (Å²) in [7, 11) is 2.11. The lowest BCUT2D eigenvalue weighted by molar-refractivity contribution is 0.172. The zero-order valence-electron chi connectivity index (χ0n) is 12.6. The molecule has 0 saturated heterocycles. The topological polar surface area (TPSA) is 47.7 Å². The van der Waals surface area contributed by atoms with E-state index in [0.717, 1.165) is 28.1 Å². The SMILES string of the molecule is CN(CC(C)(C)C)C(CN)c1cc(Br)c2c(c1)OCO2. The maximum absolute atomic E-state index is 5.99. The smallest absolute Gasteiger partial charge is 0.231 e. The summed E-state index contributed by atoms with van der Waals surface area (Å²) in [4.78, 5) is 2.30. The number of fused-ring (bicyclic) bond motifs is 1. The zero-order chi connectivity index (χ0) is 14.9. The summed E-state index contributed by atoms with van der Waals surface area (Å²) in [6.07, 6.45) is 0. The molecule has 112 valence electrons. The highest BCUT2D eigenvalue weighted by atomic mass is 79.9. The number of ether oxygens (including phenoxy) is 2. The lowest BCUT2D eigenvalue weighted by atomic mass is 9.94. The van der Waals surface area contributed by atoms with Crippen LogP contribution in [0.15, 0.2) is 16.6 Å². The third kappa shape index (κ3) is 3.45. The van der Waals surface area contributed by atoms with Crippen LogP contribution in [0.1, 0.15) is 32.4 Å². The van der Waals surface area contributed by atoms with Crippen LogP contribution >= 0.6 is 15.9 Å². The van der Waals surface area contributed by atoms with Gasteiger partial charge in [-0.3, -0.25) is 4.90 Å². The van der Waals surface area contributed by atoms with Gasteiger partial charge in [0.15, 0.2) is 11.5 Å². The quantitative estimate of drug-likeness (QED) is 0.912. The van der Waals surface area contributed by atoms with E-state index in [4.69, 9.17) is 15.2 Å². The van der Waals surface area contributed by atoms with E-state index in [1.807, 2.05) is 6.07 Å². The highest BCUT2D eigenvalue weighted by Crippen LogP contribution is 2.41. The fraction of sp³-hybridized carbons (Fsp3) is 0.600. The third-order valence-electron chi connectivity index (χ3n) is 3.31. The van der Waals surface area contributed by atoms with E-state index in [9.17, 15) is 0 Å². The van der Waals surface area contributed by atoms with Crippen molar-refractivity contribution in [1.82, 2.24) is 4.90 Å². The molecule has 1 heterocycles. The number of hydrogen-bond donors (Lipinski definition) is 1. The number of benzene rings is 1. The minimum Gasteiger partial charge on any atom is -0.454 e. The predicted molar refractivity (Wildman–Crippen MR) is 84.1 cm³/mol. The summed E-state index contributed by atoms with van der Waals surface area (Å²) in [6, 6.07) is 4.27. The Morgan fingerprint density at radius 1 is 1.35 bits per heavy atom. The van der Waals surface area contributed by atoms with Crippen LogP contribution in [0.25, 0.3) is 0 Å². The summed E-state index contributed by atoms with van der Waals surface area (Å²) in [5.74, 6) is 1.57. The van der Waals surface area contributed by atoms with Gasteiger partial charge in [0, 0.05) is 19.1 Å². The van der Waals surface area contributed by atoms with Crippen LogP contribution in [0.2, 0.25) is 0 Å². The van der Waals surface area contributed by atoms with Crippen molar-refractivity contribution >= 4 is 15.9 Å². The van der Waals surface area contributed by atoms with Gasteiger partial charge < -0.3 is 15.2 Å². The molecule has 1 aliphatic heterocycles. The molecule has 2 rings (SSSR count). The lowest BCUT2D eigenvalue weighted by Crippen LogP contribution is -2.36. The van der Waals surface area contributed by atoms with E-state index < -0.39 is 0 Å². The monoisotopic (exact) mass is 342 g/mol. The van der Waals surface area contributed by atoms with Crippen LogP contribution < -0.4 is 15.2 Å². The highest BCUT2D eigenvalue weighted by molar-refractivity contribution is 9.10. The molecule has 0 aliphatic carbocycles. The second-order valence-corrected chi connectivity index (χ2v) is 7.32. The van der Waals surface area contributed by atoms with Gasteiger partial charge in [0.25, 0.3) is 0 Å². The minimum atomic E-state index is 0.167. The number of likely N-dealkylation sites (N-methyl/N-ethyl adjacent to an activating group) is 1. The van der Waals surface area contributed by atoms with E-state index in [1.54, 1.807) is 0 Å². The second-order valence-electron chi connectivity index (χ2n) is 6.46. The van der Waals surface area contributed by atoms with Gasteiger partial charge in [0.2, 0.25) is 6.79 Å². The molecule has 1 aliphatic rings. The Labute approximate surface area is 129 Å². The molecule has 1 unspecified atom stereocenters. The summed E-state index contributed by atoms with van der Waals surface area (Å²) in [5, 5.41) is 0. The minimum absolute atomic E-state index is 0.167. The van der Waals surface area contributed by atoms with Crippen LogP contribution in [0.5, 0.6) is 11.5 Å². The standard InChI is InChI=1S/C15H23BrN2O2/c1-15(2,3)8-18(4)12(7-17)10-5-11(16)14-13(6-10)19-9-20-14/h5-6,12H,7-9,17H2,1-4H3. The molecule has 1 atom stereocenters. The lowest BCUT2D eigenvalue weighted by Gasteiger charge is -2.33. The van der Waals surface area contributed by atoms with Crippen molar-refractivity contribution in [1.29, 1.82) is 0 Å². The fourth-order valence-corrected chi connectivity index (χ4v) is 3.18. The first-order valence-electron chi connectivity index (χ1n) is 6.81. The normalized spacial score (nSPS) is 15.8. The molecule has 1 aromatic rings. The van der Waals surface area contributed by atoms with Crippen LogP contribution in [-0.2, 0) is 0 Å². The first-order valence-corrected chi connectivity index (χ1v) is 7.60. The molecule has 2 N–H and O–H groups in total. The number of nitrogens with two attached hydrogens (primary N) is 1. The Bertz CT molecular complexity index is 485. The van der Waals surface area contributed by atoms with Gasteiger partial charge in [-0.2, -0.15) is 0 Å². The molecule has 0 bridgehead atoms. The molecule has 0 aromatic heterocycles. The molecule has 0 spiro atoms. The van der Waals surface area contributed by atoms with Crippen molar-refractivity contribution in [3.8, 4) is 11.5 Å². The number of nitrogens with zero attached hydrogens (tertiary/aromatic N) is 1. The Kier molecular flexibility index (Phi) is 4.62. The highest BCUT2D eigenvalue weighted by Gasteiger charge is 2.25. The summed E-state index contributed by atoms with van der Waals surface area (Å²) >= 11 is 3.54. The van der Waals surface area contributed by atoms with Crippen LogP contribution in [0, 0.1) is 5.41 Å². The van der Waals surface area contributed by atoms with Crippen LogP contribution in [0.4, 0.5) is 0 Å². The van der Waals surface area contributed by atoms with Gasteiger partial charge in [-0.15, -0.1) is 0 Å². The Hall–Kier alpha value is -0.780. The first-order chi connectivity index (χ1) is 9.31. The van der Waals surface area contributed by atoms with E-state index in [2.05, 4.69) is 54.7 Å². The van der Waals surface area contributed by atoms with Gasteiger partial charge in [-0.05, 0) is 46.1 Å². The van der Waals surface area contributed by atoms with E-state index >= 15 is 0 Å². The van der Waals surface area contributed by atoms with Gasteiger partial charge in [-0.25, -0.2) is 0 Å². The van der Waals surface area contributed by atoms with E-state index in [-0.39, 0.29) is 18.2 Å². The molecule has 0 fully saturated rings. The van der Waals surface area contributed by atoms with Gasteiger partial charge in [0.05, 0.1) is 4.47 Å². The summed E-state index contributed by atoms with van der Waals surface area (Å²) < 4.78 is 11.8. The maximum atomic E-state index is 5.99. The van der Waals surface area contributed by atoms with Crippen molar-refractivity contribution in [2.45, 2.75) is 26.8 Å². The van der Waals surface area contributed by atoms with E-state index in [1.165, 1.54) is 0 Å². The molecule has 20 heavy (non-hydrogen) atoms. The first kappa shape index (κ1) is 15.6. The largest absolute Gasteiger partial charge is 0.454 e. The summed E-state index contributed by atoms with van der Waals surface area (Å²) in [6.45, 7) is 8.51. The number of halogens is 1. The Morgan fingerprint density at radius 2 is 2.05 bits per heavy atom. The van der Waals surface area contributed by atoms with Gasteiger partial charge in [0.1, 0.15) is 0 Å². The average molecular weight is 343 g/mol. The van der Waals surface area contributed by atoms with Gasteiger partial charge in [-0.1, -0.05) is 20.8 Å².